The van der Waals surface area contributed by atoms with Crippen molar-refractivity contribution in [3.05, 3.63) is 54.3 Å². The molecule has 1 aromatic heterocycles. The summed E-state index contributed by atoms with van der Waals surface area (Å²) in [5, 5.41) is 10.8. The fourth-order valence-corrected chi connectivity index (χ4v) is 15.3. The first-order valence-electron chi connectivity index (χ1n) is 23.1. The summed E-state index contributed by atoms with van der Waals surface area (Å²) in [6, 6.07) is 8.10. The number of carbonyl (C=O) groups is 4. The van der Waals surface area contributed by atoms with Crippen LogP contribution < -0.4 is 0 Å². The lowest BCUT2D eigenvalue weighted by Gasteiger charge is -2.73. The predicted molar refractivity (Wildman–Crippen MR) is 235 cm³/mol. The smallest absolute Gasteiger partial charge is 0.309 e. The second-order valence-corrected chi connectivity index (χ2v) is 22.3. The van der Waals surface area contributed by atoms with E-state index >= 15 is 4.79 Å². The Kier molecular flexibility index (Phi) is 10.6. The molecule has 5 aliphatic carbocycles. The topological polar surface area (TPSA) is 120 Å². The van der Waals surface area contributed by atoms with Gasteiger partial charge in [-0.05, 0) is 149 Å². The van der Waals surface area contributed by atoms with E-state index in [1.807, 2.05) is 35.4 Å². The van der Waals surface area contributed by atoms with Crippen molar-refractivity contribution in [1.82, 2.24) is 14.8 Å². The van der Waals surface area contributed by atoms with Gasteiger partial charge in [0.2, 0.25) is 11.8 Å². The van der Waals surface area contributed by atoms with Crippen LogP contribution in [0, 0.1) is 62.1 Å². The van der Waals surface area contributed by atoms with Crippen LogP contribution in [0.1, 0.15) is 132 Å². The van der Waals surface area contributed by atoms with Gasteiger partial charge in [-0.2, -0.15) is 0 Å². The van der Waals surface area contributed by atoms with Gasteiger partial charge in [0, 0.05) is 54.8 Å². The molecule has 0 spiro atoms. The highest BCUT2D eigenvalue weighted by Crippen LogP contribution is 2.77. The van der Waals surface area contributed by atoms with Crippen molar-refractivity contribution in [1.29, 1.82) is 0 Å². The standard InChI is InChI=1S/C51H71N3O6/c1-32(2)34-18-23-51(44(57)54-28-26-53(27-29-54)41(55)17-14-33-31-52-37-13-11-10-12-35(33)37)25-24-49(8)36(43(34)51)15-16-39-48(7)21-20-40(60-42(56)30-46(3,4)45(58)59)47(5,6)38(48)19-22-50(39,49)9/h10-14,17,31,34,36,38-40,43,52H,1,15-16,18-30H2,2-9H3,(H,58,59)/b17-14+/t34-,36+,38-,39+,40-,43+,48-,49+,50+,51-/m0/s1. The molecule has 2 heterocycles. The number of carboxylic acid groups (broad SMARTS) is 1. The Hall–Kier alpha value is -3.88. The number of allylic oxidation sites excluding steroid dienone is 1. The van der Waals surface area contributed by atoms with Crippen LogP contribution in [0.15, 0.2) is 48.7 Å². The highest BCUT2D eigenvalue weighted by Gasteiger charge is 2.72. The molecule has 326 valence electrons. The van der Waals surface area contributed by atoms with Gasteiger partial charge in [-0.1, -0.05) is 65.0 Å². The van der Waals surface area contributed by atoms with Crippen molar-refractivity contribution in [2.45, 2.75) is 132 Å². The number of nitrogens with zero attached hydrogens (tertiary/aromatic N) is 2. The average molecular weight is 822 g/mol. The molecular formula is C51H71N3O6. The van der Waals surface area contributed by atoms with E-state index in [-0.39, 0.29) is 46.0 Å². The number of aromatic amines is 1. The average Bonchev–Trinajstić information content (AvgIpc) is 3.80. The molecule has 1 saturated heterocycles. The number of esters is 1. The number of aliphatic carboxylic acids is 1. The maximum atomic E-state index is 15.2. The highest BCUT2D eigenvalue weighted by atomic mass is 16.5. The second-order valence-electron chi connectivity index (χ2n) is 22.3. The number of fused-ring (bicyclic) bond motifs is 8. The van der Waals surface area contributed by atoms with E-state index < -0.39 is 22.8 Å². The van der Waals surface area contributed by atoms with E-state index in [2.05, 4.69) is 64.1 Å². The minimum absolute atomic E-state index is 0.00819. The number of aromatic nitrogens is 1. The van der Waals surface area contributed by atoms with Gasteiger partial charge < -0.3 is 24.6 Å². The van der Waals surface area contributed by atoms with Crippen LogP contribution in [0.2, 0.25) is 0 Å². The molecule has 0 bridgehead atoms. The van der Waals surface area contributed by atoms with E-state index in [0.29, 0.717) is 55.8 Å². The minimum atomic E-state index is -1.16. The third-order valence-corrected chi connectivity index (χ3v) is 18.8. The number of carbonyl (C=O) groups excluding carboxylic acids is 3. The number of hydrogen-bond donors (Lipinski definition) is 2. The second kappa shape index (κ2) is 14.9. The Labute approximate surface area is 358 Å². The van der Waals surface area contributed by atoms with Crippen molar-refractivity contribution < 1.29 is 29.0 Å². The van der Waals surface area contributed by atoms with Crippen LogP contribution in [0.4, 0.5) is 0 Å². The number of hydrogen-bond acceptors (Lipinski definition) is 5. The highest BCUT2D eigenvalue weighted by molar-refractivity contribution is 5.96. The summed E-state index contributed by atoms with van der Waals surface area (Å²) in [6.07, 6.45) is 15.3. The van der Waals surface area contributed by atoms with Crippen LogP contribution in [-0.4, -0.2) is 75.9 Å². The molecule has 9 nitrogen and oxygen atoms in total. The Morgan fingerprint density at radius 2 is 1.57 bits per heavy atom. The van der Waals surface area contributed by atoms with E-state index in [4.69, 9.17) is 4.74 Å². The quantitative estimate of drug-likeness (QED) is 0.156. The lowest BCUT2D eigenvalue weighted by Crippen LogP contribution is -2.68. The number of carboxylic acids is 1. The Morgan fingerprint density at radius 1 is 0.867 bits per heavy atom. The molecule has 0 radical (unpaired) electrons. The molecule has 8 rings (SSSR count). The van der Waals surface area contributed by atoms with Gasteiger partial charge in [0.15, 0.2) is 0 Å². The summed E-state index contributed by atoms with van der Waals surface area (Å²) in [6.45, 7) is 24.5. The minimum Gasteiger partial charge on any atom is -0.481 e. The van der Waals surface area contributed by atoms with E-state index in [9.17, 15) is 19.5 Å². The Morgan fingerprint density at radius 3 is 2.27 bits per heavy atom. The van der Waals surface area contributed by atoms with Crippen LogP contribution >= 0.6 is 0 Å². The van der Waals surface area contributed by atoms with Gasteiger partial charge in [0.05, 0.1) is 17.3 Å². The zero-order chi connectivity index (χ0) is 43.2. The number of ether oxygens (including phenoxy) is 1. The molecule has 0 unspecified atom stereocenters. The maximum Gasteiger partial charge on any atom is 0.309 e. The summed E-state index contributed by atoms with van der Waals surface area (Å²) >= 11 is 0. The predicted octanol–water partition coefficient (Wildman–Crippen LogP) is 9.92. The number of H-pyrrole nitrogens is 1. The molecule has 2 N–H and O–H groups in total. The third kappa shape index (κ3) is 6.51. The molecule has 1 aliphatic heterocycles. The van der Waals surface area contributed by atoms with Gasteiger partial charge in [-0.15, -0.1) is 0 Å². The lowest BCUT2D eigenvalue weighted by atomic mass is 9.32. The normalized spacial score (nSPS) is 37.5. The summed E-state index contributed by atoms with van der Waals surface area (Å²) in [4.78, 5) is 60.8. The molecule has 10 atom stereocenters. The number of piperazine rings is 1. The SMILES string of the molecule is C=C(C)[C@@H]1CC[C@]2(C(=O)N3CCN(C(=O)/C=C/c4c[nH]c5ccccc45)CC3)CC[C@]3(C)[C@H](CC[C@@H]4[C@@]5(C)CC[C@H](OC(=O)CC(C)(C)C(=O)O)C(C)(C)[C@@H]5CC[C@]43C)[C@@H]12. The molecule has 9 heteroatoms. The van der Waals surface area contributed by atoms with Gasteiger partial charge in [0.25, 0.3) is 0 Å². The van der Waals surface area contributed by atoms with Crippen molar-refractivity contribution in [3.63, 3.8) is 0 Å². The number of amides is 2. The zero-order valence-corrected chi connectivity index (χ0v) is 37.7. The molecule has 6 fully saturated rings. The number of para-hydroxylation sites is 1. The van der Waals surface area contributed by atoms with Crippen LogP contribution in [0.5, 0.6) is 0 Å². The van der Waals surface area contributed by atoms with Crippen molar-refractivity contribution in [3.8, 4) is 0 Å². The zero-order valence-electron chi connectivity index (χ0n) is 37.7. The largest absolute Gasteiger partial charge is 0.481 e. The number of nitrogens with one attached hydrogen (secondary N) is 1. The summed E-state index contributed by atoms with van der Waals surface area (Å²) in [5.74, 6) is 0.859. The van der Waals surface area contributed by atoms with Crippen LogP contribution in [0.25, 0.3) is 17.0 Å². The summed E-state index contributed by atoms with van der Waals surface area (Å²) in [7, 11) is 0. The Balaban J connectivity index is 0.981. The summed E-state index contributed by atoms with van der Waals surface area (Å²) < 4.78 is 6.20. The maximum absolute atomic E-state index is 15.2. The van der Waals surface area contributed by atoms with Crippen molar-refractivity contribution >= 4 is 40.7 Å². The first-order valence-corrected chi connectivity index (χ1v) is 23.1. The molecule has 5 saturated carbocycles. The van der Waals surface area contributed by atoms with Gasteiger partial charge >= 0.3 is 11.9 Å². The fraction of sp³-hybridized carbons (Fsp3) is 0.686. The molecule has 1 aromatic carbocycles. The number of benzene rings is 1. The van der Waals surface area contributed by atoms with E-state index in [1.54, 1.807) is 19.9 Å². The Bertz CT molecular complexity index is 2090. The van der Waals surface area contributed by atoms with Crippen LogP contribution in [0.3, 0.4) is 0 Å². The molecule has 6 aliphatic rings. The molecule has 2 amide bonds. The first-order chi connectivity index (χ1) is 28.2. The van der Waals surface area contributed by atoms with E-state index in [1.165, 1.54) is 5.57 Å². The molecule has 60 heavy (non-hydrogen) atoms. The number of rotatable bonds is 8. The fourth-order valence-electron chi connectivity index (χ4n) is 15.3. The van der Waals surface area contributed by atoms with Crippen molar-refractivity contribution in [2.75, 3.05) is 26.2 Å². The lowest BCUT2D eigenvalue weighted by molar-refractivity contribution is -0.250. The first kappa shape index (κ1) is 42.8. The molecular weight excluding hydrogens is 751 g/mol. The van der Waals surface area contributed by atoms with Gasteiger partial charge in [0.1, 0.15) is 6.10 Å². The van der Waals surface area contributed by atoms with Crippen molar-refractivity contribution in [2.24, 2.45) is 62.1 Å². The summed E-state index contributed by atoms with van der Waals surface area (Å²) in [5.41, 5.74) is 1.75. The van der Waals surface area contributed by atoms with E-state index in [0.717, 1.165) is 80.7 Å². The molecule has 2 aromatic rings. The van der Waals surface area contributed by atoms with Gasteiger partial charge in [-0.3, -0.25) is 19.2 Å². The monoisotopic (exact) mass is 822 g/mol. The third-order valence-electron chi connectivity index (χ3n) is 18.8. The van der Waals surface area contributed by atoms with Crippen LogP contribution in [-0.2, 0) is 23.9 Å². The van der Waals surface area contributed by atoms with Gasteiger partial charge in [-0.25, -0.2) is 0 Å².